The smallest absolute Gasteiger partial charge is 0.343 e. The Kier molecular flexibility index (Phi) is 5.52. The topological polar surface area (TPSA) is 61.8 Å². The van der Waals surface area contributed by atoms with Crippen LogP contribution in [0.3, 0.4) is 0 Å². The van der Waals surface area contributed by atoms with E-state index in [4.69, 9.17) is 14.2 Å². The average molecular weight is 312 g/mol. The lowest BCUT2D eigenvalue weighted by Crippen LogP contribution is -2.10. The zero-order valence-corrected chi connectivity index (χ0v) is 12.7. The highest BCUT2D eigenvalue weighted by Crippen LogP contribution is 2.29. The minimum Gasteiger partial charge on any atom is -0.493 e. The van der Waals surface area contributed by atoms with E-state index in [9.17, 15) is 9.59 Å². The van der Waals surface area contributed by atoms with Gasteiger partial charge in [-0.25, -0.2) is 9.59 Å². The molecular formula is C18H16O5. The molecule has 0 fully saturated rings. The van der Waals surface area contributed by atoms with E-state index in [0.29, 0.717) is 11.1 Å². The molecule has 0 N–H and O–H groups in total. The van der Waals surface area contributed by atoms with Gasteiger partial charge in [0.1, 0.15) is 6.61 Å². The molecule has 5 nitrogen and oxygen atoms in total. The van der Waals surface area contributed by atoms with Gasteiger partial charge in [0.25, 0.3) is 0 Å². The van der Waals surface area contributed by atoms with Crippen LogP contribution in [0.5, 0.6) is 11.5 Å². The maximum absolute atomic E-state index is 12.1. The fourth-order valence-corrected chi connectivity index (χ4v) is 1.83. The molecule has 0 aliphatic carbocycles. The van der Waals surface area contributed by atoms with Crippen molar-refractivity contribution in [3.05, 3.63) is 72.3 Å². The lowest BCUT2D eigenvalue weighted by molar-refractivity contribution is 0.0549. The monoisotopic (exact) mass is 312 g/mol. The van der Waals surface area contributed by atoms with E-state index in [1.54, 1.807) is 30.3 Å². The normalized spacial score (nSPS) is 9.78. The second-order valence-electron chi connectivity index (χ2n) is 4.51. The van der Waals surface area contributed by atoms with Gasteiger partial charge >= 0.3 is 11.9 Å². The van der Waals surface area contributed by atoms with Crippen LogP contribution in [0.4, 0.5) is 0 Å². The van der Waals surface area contributed by atoms with Crippen LogP contribution in [0.25, 0.3) is 0 Å². The van der Waals surface area contributed by atoms with E-state index in [0.717, 1.165) is 0 Å². The molecule has 5 heteroatoms. The molecule has 0 aromatic heterocycles. The van der Waals surface area contributed by atoms with Crippen LogP contribution in [0.2, 0.25) is 0 Å². The van der Waals surface area contributed by atoms with Crippen molar-refractivity contribution in [2.24, 2.45) is 0 Å². The van der Waals surface area contributed by atoms with Gasteiger partial charge in [0.15, 0.2) is 11.5 Å². The first-order chi connectivity index (χ1) is 11.2. The first-order valence-electron chi connectivity index (χ1n) is 6.89. The third kappa shape index (κ3) is 4.20. The van der Waals surface area contributed by atoms with Gasteiger partial charge in [0.2, 0.25) is 0 Å². The zero-order chi connectivity index (χ0) is 16.7. The van der Waals surface area contributed by atoms with Gasteiger partial charge in [-0.15, -0.1) is 0 Å². The molecular weight excluding hydrogens is 296 g/mol. The van der Waals surface area contributed by atoms with Crippen molar-refractivity contribution in [3.8, 4) is 11.5 Å². The average Bonchev–Trinajstić information content (AvgIpc) is 2.60. The van der Waals surface area contributed by atoms with Crippen LogP contribution in [0.15, 0.2) is 61.2 Å². The number of benzene rings is 2. The lowest BCUT2D eigenvalue weighted by atomic mass is 10.2. The minimum absolute atomic E-state index is 0.117. The second kappa shape index (κ2) is 7.79. The summed E-state index contributed by atoms with van der Waals surface area (Å²) in [5.74, 6) is -0.529. The first-order valence-corrected chi connectivity index (χ1v) is 6.89. The molecule has 0 radical (unpaired) electrons. The number of rotatable bonds is 6. The Morgan fingerprint density at radius 1 is 1.00 bits per heavy atom. The Labute approximate surface area is 134 Å². The van der Waals surface area contributed by atoms with Gasteiger partial charge in [-0.2, -0.15) is 0 Å². The molecule has 0 spiro atoms. The largest absolute Gasteiger partial charge is 0.493 e. The summed E-state index contributed by atoms with van der Waals surface area (Å²) in [5.41, 5.74) is 0.715. The van der Waals surface area contributed by atoms with Crippen molar-refractivity contribution >= 4 is 11.9 Å². The SMILES string of the molecule is C=CCOC(=O)c1ccc(OC(=O)c2ccccc2)c(OC)c1. The Hall–Kier alpha value is -3.08. The molecule has 0 aliphatic heterocycles. The number of hydrogen-bond donors (Lipinski definition) is 0. The number of carbonyl (C=O) groups excluding carboxylic acids is 2. The minimum atomic E-state index is -0.510. The second-order valence-corrected chi connectivity index (χ2v) is 4.51. The molecule has 0 saturated carbocycles. The maximum Gasteiger partial charge on any atom is 0.343 e. The van der Waals surface area contributed by atoms with E-state index >= 15 is 0 Å². The molecule has 0 amide bonds. The molecule has 23 heavy (non-hydrogen) atoms. The summed E-state index contributed by atoms with van der Waals surface area (Å²) >= 11 is 0. The van der Waals surface area contributed by atoms with Crippen molar-refractivity contribution in [2.75, 3.05) is 13.7 Å². The van der Waals surface area contributed by atoms with Gasteiger partial charge in [0, 0.05) is 0 Å². The first kappa shape index (κ1) is 16.3. The fourth-order valence-electron chi connectivity index (χ4n) is 1.83. The summed E-state index contributed by atoms with van der Waals surface area (Å²) < 4.78 is 15.4. The van der Waals surface area contributed by atoms with E-state index in [-0.39, 0.29) is 18.1 Å². The van der Waals surface area contributed by atoms with Gasteiger partial charge in [0.05, 0.1) is 18.2 Å². The van der Waals surface area contributed by atoms with Gasteiger partial charge in [-0.05, 0) is 30.3 Å². The highest BCUT2D eigenvalue weighted by Gasteiger charge is 2.15. The summed E-state index contributed by atoms with van der Waals surface area (Å²) in [4.78, 5) is 23.9. The van der Waals surface area contributed by atoms with Crippen LogP contribution >= 0.6 is 0 Å². The summed E-state index contributed by atoms with van der Waals surface area (Å²) in [6, 6.07) is 13.0. The number of methoxy groups -OCH3 is 1. The molecule has 0 saturated heterocycles. The fraction of sp³-hybridized carbons (Fsp3) is 0.111. The van der Waals surface area contributed by atoms with E-state index in [1.165, 1.54) is 31.4 Å². The quantitative estimate of drug-likeness (QED) is 0.465. The molecule has 2 aromatic rings. The van der Waals surface area contributed by atoms with Crippen molar-refractivity contribution in [2.45, 2.75) is 0 Å². The van der Waals surface area contributed by atoms with Crippen LogP contribution < -0.4 is 9.47 Å². The Bertz CT molecular complexity index is 707. The Morgan fingerprint density at radius 2 is 1.74 bits per heavy atom. The third-order valence-electron chi connectivity index (χ3n) is 2.94. The molecule has 0 bridgehead atoms. The number of carbonyl (C=O) groups is 2. The maximum atomic E-state index is 12.1. The summed E-state index contributed by atoms with van der Waals surface area (Å²) in [5, 5.41) is 0. The van der Waals surface area contributed by atoms with Crippen molar-refractivity contribution in [3.63, 3.8) is 0 Å². The lowest BCUT2D eigenvalue weighted by Gasteiger charge is -2.10. The van der Waals surface area contributed by atoms with E-state index < -0.39 is 11.9 Å². The molecule has 2 aromatic carbocycles. The Balaban J connectivity index is 2.18. The Morgan fingerprint density at radius 3 is 2.39 bits per heavy atom. The van der Waals surface area contributed by atoms with Crippen LogP contribution in [0, 0.1) is 0 Å². The summed E-state index contributed by atoms with van der Waals surface area (Å²) in [7, 11) is 1.42. The standard InChI is InChI=1S/C18H16O5/c1-3-11-22-17(19)14-9-10-15(16(12-14)21-2)23-18(20)13-7-5-4-6-8-13/h3-10,12H,1,11H2,2H3. The number of esters is 2. The van der Waals surface area contributed by atoms with Crippen LogP contribution in [-0.2, 0) is 4.74 Å². The van der Waals surface area contributed by atoms with Gasteiger partial charge < -0.3 is 14.2 Å². The molecule has 0 atom stereocenters. The predicted octanol–water partition coefficient (Wildman–Crippen LogP) is 3.26. The van der Waals surface area contributed by atoms with Crippen LogP contribution in [0.1, 0.15) is 20.7 Å². The zero-order valence-electron chi connectivity index (χ0n) is 12.7. The highest BCUT2D eigenvalue weighted by atomic mass is 16.6. The van der Waals surface area contributed by atoms with E-state index in [2.05, 4.69) is 6.58 Å². The van der Waals surface area contributed by atoms with Gasteiger partial charge in [-0.3, -0.25) is 0 Å². The highest BCUT2D eigenvalue weighted by molar-refractivity contribution is 5.92. The summed E-state index contributed by atoms with van der Waals surface area (Å²) in [6.45, 7) is 3.59. The van der Waals surface area contributed by atoms with Gasteiger partial charge in [-0.1, -0.05) is 30.9 Å². The van der Waals surface area contributed by atoms with E-state index in [1.807, 2.05) is 0 Å². The van der Waals surface area contributed by atoms with Crippen molar-refractivity contribution < 1.29 is 23.8 Å². The molecule has 0 heterocycles. The molecule has 2 rings (SSSR count). The third-order valence-corrected chi connectivity index (χ3v) is 2.94. The van der Waals surface area contributed by atoms with Crippen LogP contribution in [-0.4, -0.2) is 25.7 Å². The number of hydrogen-bond acceptors (Lipinski definition) is 5. The van der Waals surface area contributed by atoms with Crippen molar-refractivity contribution in [1.82, 2.24) is 0 Å². The molecule has 0 unspecified atom stereocenters. The molecule has 118 valence electrons. The summed E-state index contributed by atoms with van der Waals surface area (Å²) in [6.07, 6.45) is 1.48. The van der Waals surface area contributed by atoms with Crippen molar-refractivity contribution in [1.29, 1.82) is 0 Å². The predicted molar refractivity (Wildman–Crippen MR) is 84.9 cm³/mol. The molecule has 0 aliphatic rings. The number of ether oxygens (including phenoxy) is 3.